The second kappa shape index (κ2) is 8.38. The lowest BCUT2D eigenvalue weighted by atomic mass is 10.2. The van der Waals surface area contributed by atoms with E-state index in [2.05, 4.69) is 4.98 Å². The molecule has 0 saturated heterocycles. The van der Waals surface area contributed by atoms with E-state index in [0.29, 0.717) is 34.5 Å². The van der Waals surface area contributed by atoms with Crippen molar-refractivity contribution < 1.29 is 22.2 Å². The molecule has 1 aliphatic heterocycles. The maximum atomic E-state index is 13.3. The zero-order valence-electron chi connectivity index (χ0n) is 16.8. The van der Waals surface area contributed by atoms with Gasteiger partial charge in [-0.1, -0.05) is 11.6 Å². The molecule has 0 bridgehead atoms. The highest BCUT2D eigenvalue weighted by atomic mass is 35.5. The molecule has 4 rings (SSSR count). The summed E-state index contributed by atoms with van der Waals surface area (Å²) in [4.78, 5) is 20.2. The first-order chi connectivity index (χ1) is 15.1. The lowest BCUT2D eigenvalue weighted by Gasteiger charge is -2.31. The molecule has 2 heterocycles. The van der Waals surface area contributed by atoms with Crippen LogP contribution in [0.5, 0.6) is 0 Å². The third-order valence-corrected chi connectivity index (χ3v) is 5.79. The first-order valence-electron chi connectivity index (χ1n) is 9.42. The standard InChI is InChI=1S/C21H18ClFN4O4S/c1-25(13-32(29,30)31)20(28)19-10-11-26-12-18(14-2-6-16(23)7-3-14)24-21(26)27(19)17-8-4-15(22)5-9-17/h2-10,12H,11,13H2,1H3,(H,29,30,31). The van der Waals surface area contributed by atoms with Crippen molar-refractivity contribution in [2.24, 2.45) is 0 Å². The Labute approximate surface area is 188 Å². The number of hydrogen-bond acceptors (Lipinski definition) is 5. The van der Waals surface area contributed by atoms with Crippen LogP contribution in [0.4, 0.5) is 16.0 Å². The largest absolute Gasteiger partial charge is 0.324 e. The fraction of sp³-hybridized carbons (Fsp3) is 0.143. The SMILES string of the molecule is CN(CS(=O)(=O)O)C(=O)C1=CCn2cc(-c3ccc(F)cc3)nc2N1c1ccc(Cl)cc1. The number of nitrogens with zero attached hydrogens (tertiary/aromatic N) is 4. The van der Waals surface area contributed by atoms with E-state index in [0.717, 1.165) is 4.90 Å². The fourth-order valence-electron chi connectivity index (χ4n) is 3.39. The van der Waals surface area contributed by atoms with Crippen LogP contribution >= 0.6 is 11.6 Å². The summed E-state index contributed by atoms with van der Waals surface area (Å²) in [7, 11) is -3.12. The lowest BCUT2D eigenvalue weighted by Crippen LogP contribution is -2.39. The Morgan fingerprint density at radius 2 is 1.84 bits per heavy atom. The number of halogens is 2. The number of benzene rings is 2. The normalized spacial score (nSPS) is 13.5. The molecule has 0 radical (unpaired) electrons. The molecule has 0 unspecified atom stereocenters. The maximum absolute atomic E-state index is 13.3. The summed E-state index contributed by atoms with van der Waals surface area (Å²) in [6.07, 6.45) is 3.42. The molecule has 0 fully saturated rings. The number of fused-ring (bicyclic) bond motifs is 1. The second-order valence-corrected chi connectivity index (χ2v) is 9.06. The van der Waals surface area contributed by atoms with Gasteiger partial charge in [0.05, 0.1) is 5.69 Å². The van der Waals surface area contributed by atoms with Gasteiger partial charge >= 0.3 is 0 Å². The zero-order chi connectivity index (χ0) is 23.0. The maximum Gasteiger partial charge on any atom is 0.283 e. The number of likely N-dealkylation sites (N-methyl/N-ethyl adjacent to an activating group) is 1. The van der Waals surface area contributed by atoms with Crippen LogP contribution in [-0.2, 0) is 21.5 Å². The summed E-state index contributed by atoms with van der Waals surface area (Å²) in [6, 6.07) is 12.6. The summed E-state index contributed by atoms with van der Waals surface area (Å²) in [6.45, 7) is 0.300. The Hall–Kier alpha value is -3.21. The monoisotopic (exact) mass is 476 g/mol. The quantitative estimate of drug-likeness (QED) is 0.564. The lowest BCUT2D eigenvalue weighted by molar-refractivity contribution is -0.125. The molecule has 166 valence electrons. The Kier molecular flexibility index (Phi) is 5.76. The van der Waals surface area contributed by atoms with Gasteiger partial charge < -0.3 is 9.47 Å². The van der Waals surface area contributed by atoms with Crippen molar-refractivity contribution in [3.05, 3.63) is 77.3 Å². The summed E-state index contributed by atoms with van der Waals surface area (Å²) < 4.78 is 46.8. The van der Waals surface area contributed by atoms with Gasteiger partial charge in [-0.15, -0.1) is 0 Å². The van der Waals surface area contributed by atoms with Gasteiger partial charge in [-0.3, -0.25) is 14.2 Å². The van der Waals surface area contributed by atoms with Crippen molar-refractivity contribution in [3.8, 4) is 11.3 Å². The molecule has 3 aromatic rings. The molecule has 1 N–H and O–H groups in total. The number of carbonyl (C=O) groups is 1. The molecule has 1 amide bonds. The van der Waals surface area contributed by atoms with Crippen molar-refractivity contribution in [1.82, 2.24) is 14.5 Å². The van der Waals surface area contributed by atoms with Crippen LogP contribution in [0.1, 0.15) is 0 Å². The summed E-state index contributed by atoms with van der Waals surface area (Å²) in [5.41, 5.74) is 2.02. The molecule has 8 nitrogen and oxygen atoms in total. The van der Waals surface area contributed by atoms with Crippen LogP contribution in [0.2, 0.25) is 5.02 Å². The number of aromatic nitrogens is 2. The minimum absolute atomic E-state index is 0.169. The van der Waals surface area contributed by atoms with E-state index in [4.69, 9.17) is 16.2 Å². The summed E-state index contributed by atoms with van der Waals surface area (Å²) in [5.74, 6) is -1.42. The van der Waals surface area contributed by atoms with Crippen molar-refractivity contribution >= 4 is 39.3 Å². The van der Waals surface area contributed by atoms with E-state index < -0.39 is 21.9 Å². The van der Waals surface area contributed by atoms with E-state index in [1.54, 1.807) is 53.6 Å². The zero-order valence-corrected chi connectivity index (χ0v) is 18.4. The Morgan fingerprint density at radius 3 is 2.47 bits per heavy atom. The Morgan fingerprint density at radius 1 is 1.19 bits per heavy atom. The molecule has 1 aromatic heterocycles. The highest BCUT2D eigenvalue weighted by Gasteiger charge is 2.31. The number of imidazole rings is 1. The first-order valence-corrected chi connectivity index (χ1v) is 11.4. The third kappa shape index (κ3) is 4.52. The van der Waals surface area contributed by atoms with Crippen molar-refractivity contribution in [2.75, 3.05) is 17.8 Å². The van der Waals surface area contributed by atoms with Crippen LogP contribution in [0.3, 0.4) is 0 Å². The van der Waals surface area contributed by atoms with Crippen molar-refractivity contribution in [2.45, 2.75) is 6.54 Å². The number of carbonyl (C=O) groups excluding carboxylic acids is 1. The molecular formula is C21H18ClFN4O4S. The van der Waals surface area contributed by atoms with E-state index in [1.807, 2.05) is 4.57 Å². The highest BCUT2D eigenvalue weighted by molar-refractivity contribution is 7.85. The van der Waals surface area contributed by atoms with Gasteiger partial charge in [0.2, 0.25) is 5.95 Å². The molecule has 0 aliphatic carbocycles. The van der Waals surface area contributed by atoms with Gasteiger partial charge in [0, 0.05) is 36.1 Å². The topological polar surface area (TPSA) is 95.7 Å². The molecule has 0 atom stereocenters. The third-order valence-electron chi connectivity index (χ3n) is 4.83. The molecule has 1 aliphatic rings. The van der Waals surface area contributed by atoms with Gasteiger partial charge in [0.1, 0.15) is 17.4 Å². The van der Waals surface area contributed by atoms with Gasteiger partial charge in [-0.05, 0) is 54.6 Å². The van der Waals surface area contributed by atoms with Crippen LogP contribution < -0.4 is 4.90 Å². The van der Waals surface area contributed by atoms with E-state index >= 15 is 0 Å². The summed E-state index contributed by atoms with van der Waals surface area (Å²) >= 11 is 6.02. The average Bonchev–Trinajstić information content (AvgIpc) is 3.17. The predicted octanol–water partition coefficient (Wildman–Crippen LogP) is 3.68. The van der Waals surface area contributed by atoms with Crippen LogP contribution in [-0.4, -0.2) is 46.3 Å². The average molecular weight is 477 g/mol. The number of amides is 1. The fourth-order valence-corrected chi connectivity index (χ4v) is 4.12. The Bertz CT molecular complexity index is 1300. The van der Waals surface area contributed by atoms with E-state index in [-0.39, 0.29) is 11.5 Å². The van der Waals surface area contributed by atoms with Gasteiger partial charge in [-0.25, -0.2) is 9.37 Å². The molecular weight excluding hydrogens is 459 g/mol. The van der Waals surface area contributed by atoms with Crippen LogP contribution in [0.25, 0.3) is 11.3 Å². The van der Waals surface area contributed by atoms with Gasteiger partial charge in [-0.2, -0.15) is 8.42 Å². The Balaban J connectivity index is 1.78. The molecule has 32 heavy (non-hydrogen) atoms. The molecule has 0 saturated carbocycles. The minimum atomic E-state index is -4.40. The van der Waals surface area contributed by atoms with Crippen LogP contribution in [0, 0.1) is 5.82 Å². The number of rotatable bonds is 5. The first kappa shape index (κ1) is 22.0. The van der Waals surface area contributed by atoms with Gasteiger partial charge in [0.25, 0.3) is 16.0 Å². The van der Waals surface area contributed by atoms with E-state index in [9.17, 15) is 17.6 Å². The number of allylic oxidation sites excluding steroid dienone is 1. The van der Waals surface area contributed by atoms with Crippen LogP contribution in [0.15, 0.2) is 66.5 Å². The predicted molar refractivity (Wildman–Crippen MR) is 118 cm³/mol. The molecule has 0 spiro atoms. The highest BCUT2D eigenvalue weighted by Crippen LogP contribution is 2.35. The minimum Gasteiger partial charge on any atom is -0.324 e. The van der Waals surface area contributed by atoms with E-state index in [1.165, 1.54) is 19.2 Å². The smallest absolute Gasteiger partial charge is 0.283 e. The summed E-state index contributed by atoms with van der Waals surface area (Å²) in [5, 5.41) is 0.501. The molecule has 2 aromatic carbocycles. The molecule has 11 heteroatoms. The number of anilines is 2. The van der Waals surface area contributed by atoms with Crippen molar-refractivity contribution in [3.63, 3.8) is 0 Å². The van der Waals surface area contributed by atoms with Gasteiger partial charge in [0.15, 0.2) is 0 Å². The van der Waals surface area contributed by atoms with Crippen molar-refractivity contribution in [1.29, 1.82) is 0 Å². The second-order valence-electron chi connectivity index (χ2n) is 7.20. The number of hydrogen-bond donors (Lipinski definition) is 1.